The first-order valence-corrected chi connectivity index (χ1v) is 7.02. The van der Waals surface area contributed by atoms with Crippen LogP contribution in [0.5, 0.6) is 0 Å². The van der Waals surface area contributed by atoms with Crippen LogP contribution in [0.1, 0.15) is 25.7 Å². The summed E-state index contributed by atoms with van der Waals surface area (Å²) in [4.78, 5) is 13.4. The first-order valence-electron chi connectivity index (χ1n) is 7.02. The zero-order valence-corrected chi connectivity index (χ0v) is 10.9. The predicted octanol–water partition coefficient (Wildman–Crippen LogP) is 0.552. The van der Waals surface area contributed by atoms with E-state index in [1.807, 2.05) is 0 Å². The minimum Gasteiger partial charge on any atom is -0.481 e. The third kappa shape index (κ3) is 4.23. The number of rotatable bonds is 5. The first-order chi connectivity index (χ1) is 8.75. The lowest BCUT2D eigenvalue weighted by Gasteiger charge is -2.30. The fraction of sp³-hybridized carbons (Fsp3) is 0.923. The summed E-state index contributed by atoms with van der Waals surface area (Å²) in [5.74, 6) is -0.769. The number of nitrogens with zero attached hydrogens (tertiary/aromatic N) is 1. The number of nitrogens with one attached hydrogen (secondary N) is 1. The molecule has 18 heavy (non-hydrogen) atoms. The summed E-state index contributed by atoms with van der Waals surface area (Å²) in [6.45, 7) is 5.71. The second-order valence-corrected chi connectivity index (χ2v) is 5.31. The van der Waals surface area contributed by atoms with E-state index in [1.54, 1.807) is 0 Å². The lowest BCUT2D eigenvalue weighted by Crippen LogP contribution is -2.43. The molecule has 104 valence electrons. The van der Waals surface area contributed by atoms with Crippen molar-refractivity contribution in [3.63, 3.8) is 0 Å². The van der Waals surface area contributed by atoms with Crippen molar-refractivity contribution < 1.29 is 14.6 Å². The normalized spacial score (nSPS) is 30.2. The Hall–Kier alpha value is -0.650. The Morgan fingerprint density at radius 2 is 2.11 bits per heavy atom. The molecule has 0 aromatic rings. The van der Waals surface area contributed by atoms with Gasteiger partial charge in [-0.15, -0.1) is 0 Å². The van der Waals surface area contributed by atoms with Gasteiger partial charge in [0.2, 0.25) is 0 Å². The Bertz CT molecular complexity index is 267. The maximum absolute atomic E-state index is 11.0. The van der Waals surface area contributed by atoms with Gasteiger partial charge < -0.3 is 15.2 Å². The summed E-state index contributed by atoms with van der Waals surface area (Å²) < 4.78 is 5.31. The van der Waals surface area contributed by atoms with E-state index < -0.39 is 5.97 Å². The highest BCUT2D eigenvalue weighted by molar-refractivity contribution is 5.70. The Morgan fingerprint density at radius 1 is 1.33 bits per heavy atom. The molecule has 0 radical (unpaired) electrons. The van der Waals surface area contributed by atoms with Gasteiger partial charge >= 0.3 is 5.97 Å². The van der Waals surface area contributed by atoms with Crippen molar-refractivity contribution in [2.24, 2.45) is 5.92 Å². The molecule has 1 saturated heterocycles. The van der Waals surface area contributed by atoms with Crippen LogP contribution in [0.15, 0.2) is 0 Å². The van der Waals surface area contributed by atoms with Crippen molar-refractivity contribution in [1.82, 2.24) is 10.2 Å². The largest absolute Gasteiger partial charge is 0.481 e. The molecule has 0 amide bonds. The van der Waals surface area contributed by atoms with E-state index in [0.29, 0.717) is 6.04 Å². The van der Waals surface area contributed by atoms with E-state index in [-0.39, 0.29) is 5.92 Å². The Kier molecular flexibility index (Phi) is 5.41. The lowest BCUT2D eigenvalue weighted by molar-refractivity contribution is -0.143. The number of hydrogen-bond acceptors (Lipinski definition) is 4. The molecular weight excluding hydrogens is 232 g/mol. The molecule has 2 rings (SSSR count). The van der Waals surface area contributed by atoms with Gasteiger partial charge in [0.05, 0.1) is 19.1 Å². The van der Waals surface area contributed by atoms with Gasteiger partial charge in [-0.2, -0.15) is 0 Å². The van der Waals surface area contributed by atoms with Gasteiger partial charge in [-0.05, 0) is 19.3 Å². The Morgan fingerprint density at radius 3 is 2.83 bits per heavy atom. The van der Waals surface area contributed by atoms with Crippen LogP contribution >= 0.6 is 0 Å². The molecule has 5 nitrogen and oxygen atoms in total. The van der Waals surface area contributed by atoms with Crippen molar-refractivity contribution in [3.05, 3.63) is 0 Å². The standard InChI is InChI=1S/C13H24N2O3/c16-13(17)11-2-1-3-12(10-11)14-4-5-15-6-8-18-9-7-15/h11-12,14H,1-10H2,(H,16,17). The van der Waals surface area contributed by atoms with Gasteiger partial charge in [-0.3, -0.25) is 9.69 Å². The number of carbonyl (C=O) groups is 1. The fourth-order valence-corrected chi connectivity index (χ4v) is 2.85. The second-order valence-electron chi connectivity index (χ2n) is 5.31. The molecule has 2 fully saturated rings. The topological polar surface area (TPSA) is 61.8 Å². The molecule has 2 aliphatic rings. The third-order valence-electron chi connectivity index (χ3n) is 3.99. The zero-order chi connectivity index (χ0) is 12.8. The molecule has 0 aromatic carbocycles. The van der Waals surface area contributed by atoms with Gasteiger partial charge in [0.25, 0.3) is 0 Å². The lowest BCUT2D eigenvalue weighted by atomic mass is 9.86. The van der Waals surface area contributed by atoms with Crippen molar-refractivity contribution in [2.75, 3.05) is 39.4 Å². The van der Waals surface area contributed by atoms with Crippen LogP contribution in [0.3, 0.4) is 0 Å². The molecule has 1 saturated carbocycles. The predicted molar refractivity (Wildman–Crippen MR) is 68.6 cm³/mol. The highest BCUT2D eigenvalue weighted by Gasteiger charge is 2.26. The number of hydrogen-bond donors (Lipinski definition) is 2. The maximum Gasteiger partial charge on any atom is 0.306 e. The molecule has 0 spiro atoms. The summed E-state index contributed by atoms with van der Waals surface area (Å²) in [7, 11) is 0. The third-order valence-corrected chi connectivity index (χ3v) is 3.99. The van der Waals surface area contributed by atoms with Crippen LogP contribution in [0, 0.1) is 5.92 Å². The minimum absolute atomic E-state index is 0.139. The monoisotopic (exact) mass is 256 g/mol. The highest BCUT2D eigenvalue weighted by atomic mass is 16.5. The molecule has 1 heterocycles. The van der Waals surface area contributed by atoms with Crippen LogP contribution in [-0.2, 0) is 9.53 Å². The van der Waals surface area contributed by atoms with Gasteiger partial charge in [0.15, 0.2) is 0 Å². The molecule has 2 atom stereocenters. The SMILES string of the molecule is O=C(O)C1CCCC(NCCN2CCOCC2)C1. The van der Waals surface area contributed by atoms with Crippen LogP contribution in [-0.4, -0.2) is 61.4 Å². The second kappa shape index (κ2) is 7.07. The van der Waals surface area contributed by atoms with Crippen LogP contribution < -0.4 is 5.32 Å². The van der Waals surface area contributed by atoms with Crippen molar-refractivity contribution in [1.29, 1.82) is 0 Å². The number of ether oxygens (including phenoxy) is 1. The van der Waals surface area contributed by atoms with E-state index >= 15 is 0 Å². The van der Waals surface area contributed by atoms with Crippen LogP contribution in [0.2, 0.25) is 0 Å². The first kappa shape index (κ1) is 13.8. The number of carboxylic acids is 1. The molecule has 0 bridgehead atoms. The summed E-state index contributed by atoms with van der Waals surface area (Å²) in [6, 6.07) is 0.390. The fourth-order valence-electron chi connectivity index (χ4n) is 2.85. The number of aliphatic carboxylic acids is 1. The molecule has 0 aromatic heterocycles. The summed E-state index contributed by atoms with van der Waals surface area (Å²) in [6.07, 6.45) is 3.79. The van der Waals surface area contributed by atoms with Crippen LogP contribution in [0.4, 0.5) is 0 Å². The maximum atomic E-state index is 11.0. The summed E-state index contributed by atoms with van der Waals surface area (Å²) in [5, 5.41) is 12.5. The van der Waals surface area contributed by atoms with Gasteiger partial charge in [-0.1, -0.05) is 6.42 Å². The van der Waals surface area contributed by atoms with Crippen molar-refractivity contribution in [3.8, 4) is 0 Å². The quantitative estimate of drug-likeness (QED) is 0.752. The Labute approximate surface area is 108 Å². The van der Waals surface area contributed by atoms with E-state index in [0.717, 1.165) is 65.1 Å². The van der Waals surface area contributed by atoms with Gasteiger partial charge in [0, 0.05) is 32.2 Å². The van der Waals surface area contributed by atoms with E-state index in [4.69, 9.17) is 9.84 Å². The summed E-state index contributed by atoms with van der Waals surface area (Å²) in [5.41, 5.74) is 0. The molecule has 2 N–H and O–H groups in total. The zero-order valence-electron chi connectivity index (χ0n) is 10.9. The molecule has 2 unspecified atom stereocenters. The van der Waals surface area contributed by atoms with E-state index in [9.17, 15) is 4.79 Å². The molecular formula is C13H24N2O3. The summed E-state index contributed by atoms with van der Waals surface area (Å²) >= 11 is 0. The van der Waals surface area contributed by atoms with Gasteiger partial charge in [-0.25, -0.2) is 0 Å². The van der Waals surface area contributed by atoms with E-state index in [1.165, 1.54) is 0 Å². The average molecular weight is 256 g/mol. The molecule has 5 heteroatoms. The van der Waals surface area contributed by atoms with Crippen LogP contribution in [0.25, 0.3) is 0 Å². The molecule has 1 aliphatic carbocycles. The molecule has 1 aliphatic heterocycles. The number of carboxylic acid groups (broad SMARTS) is 1. The minimum atomic E-state index is -0.630. The van der Waals surface area contributed by atoms with Crippen molar-refractivity contribution >= 4 is 5.97 Å². The van der Waals surface area contributed by atoms with Crippen molar-refractivity contribution in [2.45, 2.75) is 31.7 Å². The smallest absolute Gasteiger partial charge is 0.306 e. The van der Waals surface area contributed by atoms with E-state index in [2.05, 4.69) is 10.2 Å². The highest BCUT2D eigenvalue weighted by Crippen LogP contribution is 2.24. The van der Waals surface area contributed by atoms with Gasteiger partial charge in [0.1, 0.15) is 0 Å². The Balaban J connectivity index is 1.62. The average Bonchev–Trinajstić information content (AvgIpc) is 2.40. The number of morpholine rings is 1.